The average molecular weight is 181 g/mol. The summed E-state index contributed by atoms with van der Waals surface area (Å²) in [6, 6.07) is 5.89. The van der Waals surface area contributed by atoms with Crippen molar-refractivity contribution in [2.75, 3.05) is 5.75 Å². The van der Waals surface area contributed by atoms with Gasteiger partial charge in [0.05, 0.1) is 10.8 Å². The second kappa shape index (κ2) is 2.68. The zero-order valence-corrected chi connectivity index (χ0v) is 7.73. The normalized spacial score (nSPS) is 27.2. The van der Waals surface area contributed by atoms with Gasteiger partial charge in [0.2, 0.25) is 0 Å². The Morgan fingerprint density at radius 3 is 3.00 bits per heavy atom. The Kier molecular flexibility index (Phi) is 1.77. The second-order valence-electron chi connectivity index (χ2n) is 3.11. The van der Waals surface area contributed by atoms with Gasteiger partial charge in [0, 0.05) is 16.7 Å². The van der Waals surface area contributed by atoms with E-state index in [2.05, 4.69) is 0 Å². The molecule has 0 aliphatic carbocycles. The highest BCUT2D eigenvalue weighted by Gasteiger charge is 2.26. The molecule has 0 saturated heterocycles. The van der Waals surface area contributed by atoms with Gasteiger partial charge in [0.1, 0.15) is 0 Å². The van der Waals surface area contributed by atoms with Crippen LogP contribution in [0.3, 0.4) is 0 Å². The van der Waals surface area contributed by atoms with E-state index in [1.165, 1.54) is 0 Å². The zero-order valence-electron chi connectivity index (χ0n) is 6.91. The van der Waals surface area contributed by atoms with Crippen LogP contribution >= 0.6 is 0 Å². The summed E-state index contributed by atoms with van der Waals surface area (Å²) in [4.78, 5) is 0.963. The van der Waals surface area contributed by atoms with E-state index >= 15 is 0 Å². The molecule has 1 aromatic rings. The van der Waals surface area contributed by atoms with Crippen LogP contribution in [0.5, 0.6) is 0 Å². The quantitative estimate of drug-likeness (QED) is 0.651. The van der Waals surface area contributed by atoms with Gasteiger partial charge in [0.25, 0.3) is 0 Å². The summed E-state index contributed by atoms with van der Waals surface area (Å²) in [5.41, 5.74) is 7.97. The molecule has 1 heterocycles. The van der Waals surface area contributed by atoms with Crippen LogP contribution in [0, 0.1) is 6.92 Å². The van der Waals surface area contributed by atoms with Crippen molar-refractivity contribution in [1.29, 1.82) is 0 Å². The first-order chi connectivity index (χ1) is 5.70. The Morgan fingerprint density at radius 1 is 1.58 bits per heavy atom. The summed E-state index contributed by atoms with van der Waals surface area (Å²) in [7, 11) is -0.864. The van der Waals surface area contributed by atoms with Gasteiger partial charge in [0.15, 0.2) is 0 Å². The summed E-state index contributed by atoms with van der Waals surface area (Å²) >= 11 is 0. The smallest absolute Gasteiger partial charge is 0.0554 e. The molecule has 2 nitrogen and oxygen atoms in total. The molecule has 2 N–H and O–H groups in total. The molecule has 0 aromatic heterocycles. The Morgan fingerprint density at radius 2 is 2.33 bits per heavy atom. The van der Waals surface area contributed by atoms with Crippen molar-refractivity contribution in [3.8, 4) is 0 Å². The minimum absolute atomic E-state index is 0.0271. The molecule has 0 bridgehead atoms. The van der Waals surface area contributed by atoms with Crippen LogP contribution in [-0.4, -0.2) is 9.96 Å². The van der Waals surface area contributed by atoms with Gasteiger partial charge in [-0.15, -0.1) is 0 Å². The number of hydrogen-bond donors (Lipinski definition) is 1. The standard InChI is InChI=1S/C9H11NOS/c1-6-3-2-4-7-8(10)5-12(11)9(6)7/h2-4,8H,5,10H2,1H3. The Labute approximate surface area is 74.2 Å². The number of benzene rings is 1. The highest BCUT2D eigenvalue weighted by Crippen LogP contribution is 2.31. The fraction of sp³-hybridized carbons (Fsp3) is 0.333. The lowest BCUT2D eigenvalue weighted by atomic mass is 10.1. The van der Waals surface area contributed by atoms with E-state index in [0.29, 0.717) is 5.75 Å². The predicted octanol–water partition coefficient (Wildman–Crippen LogP) is 1.12. The maximum Gasteiger partial charge on any atom is 0.0554 e. The third-order valence-electron chi connectivity index (χ3n) is 2.20. The maximum atomic E-state index is 11.5. The summed E-state index contributed by atoms with van der Waals surface area (Å²) in [6.07, 6.45) is 0. The molecule has 2 atom stereocenters. The predicted molar refractivity (Wildman–Crippen MR) is 49.4 cm³/mol. The number of hydrogen-bond acceptors (Lipinski definition) is 2. The van der Waals surface area contributed by atoms with Crippen molar-refractivity contribution >= 4 is 10.8 Å². The van der Waals surface area contributed by atoms with Crippen LogP contribution < -0.4 is 5.73 Å². The van der Waals surface area contributed by atoms with Gasteiger partial charge in [-0.3, -0.25) is 4.21 Å². The number of rotatable bonds is 0. The molecule has 2 rings (SSSR count). The van der Waals surface area contributed by atoms with Crippen LogP contribution in [0.25, 0.3) is 0 Å². The average Bonchev–Trinajstić information content (AvgIpc) is 2.29. The third kappa shape index (κ3) is 1.01. The number of fused-ring (bicyclic) bond motifs is 1. The molecule has 0 saturated carbocycles. The molecule has 3 heteroatoms. The number of nitrogens with two attached hydrogens (primary N) is 1. The van der Waals surface area contributed by atoms with Gasteiger partial charge < -0.3 is 5.73 Å². The summed E-state index contributed by atoms with van der Waals surface area (Å²) in [5.74, 6) is 0.584. The molecule has 0 amide bonds. The van der Waals surface area contributed by atoms with Gasteiger partial charge in [-0.2, -0.15) is 0 Å². The van der Waals surface area contributed by atoms with E-state index < -0.39 is 10.8 Å². The first-order valence-corrected chi connectivity index (χ1v) is 5.25. The molecule has 2 unspecified atom stereocenters. The lowest BCUT2D eigenvalue weighted by Gasteiger charge is -2.03. The van der Waals surface area contributed by atoms with E-state index in [1.54, 1.807) is 0 Å². The van der Waals surface area contributed by atoms with E-state index in [4.69, 9.17) is 5.73 Å². The molecule has 12 heavy (non-hydrogen) atoms. The highest BCUT2D eigenvalue weighted by atomic mass is 32.2. The van der Waals surface area contributed by atoms with Crippen LogP contribution in [0.1, 0.15) is 17.2 Å². The Bertz CT molecular complexity index is 348. The Balaban J connectivity index is 2.67. The fourth-order valence-corrected chi connectivity index (χ4v) is 3.20. The fourth-order valence-electron chi connectivity index (χ4n) is 1.61. The van der Waals surface area contributed by atoms with E-state index in [1.807, 2.05) is 25.1 Å². The highest BCUT2D eigenvalue weighted by molar-refractivity contribution is 7.85. The van der Waals surface area contributed by atoms with Crippen molar-refractivity contribution in [3.63, 3.8) is 0 Å². The number of aryl methyl sites for hydroxylation is 1. The monoisotopic (exact) mass is 181 g/mol. The molecule has 64 valence electrons. The lowest BCUT2D eigenvalue weighted by Crippen LogP contribution is -2.09. The summed E-state index contributed by atoms with van der Waals surface area (Å²) < 4.78 is 11.5. The zero-order chi connectivity index (χ0) is 8.72. The van der Waals surface area contributed by atoms with E-state index in [9.17, 15) is 4.21 Å². The van der Waals surface area contributed by atoms with Crippen LogP contribution in [0.4, 0.5) is 0 Å². The molecule has 0 radical (unpaired) electrons. The van der Waals surface area contributed by atoms with Crippen molar-refractivity contribution in [1.82, 2.24) is 0 Å². The first kappa shape index (κ1) is 7.95. The van der Waals surface area contributed by atoms with Gasteiger partial charge >= 0.3 is 0 Å². The van der Waals surface area contributed by atoms with E-state index in [0.717, 1.165) is 16.0 Å². The van der Waals surface area contributed by atoms with Crippen LogP contribution in [0.15, 0.2) is 23.1 Å². The van der Waals surface area contributed by atoms with Crippen LogP contribution in [0.2, 0.25) is 0 Å². The topological polar surface area (TPSA) is 43.1 Å². The molecule has 1 aliphatic heterocycles. The van der Waals surface area contributed by atoms with Gasteiger partial charge in [-0.1, -0.05) is 18.2 Å². The van der Waals surface area contributed by atoms with Gasteiger partial charge in [-0.05, 0) is 18.1 Å². The molecule has 1 aliphatic rings. The molecular weight excluding hydrogens is 170 g/mol. The van der Waals surface area contributed by atoms with Crippen LogP contribution in [-0.2, 0) is 10.8 Å². The van der Waals surface area contributed by atoms with E-state index in [-0.39, 0.29) is 6.04 Å². The first-order valence-electron chi connectivity index (χ1n) is 3.93. The minimum Gasteiger partial charge on any atom is -0.323 e. The molecule has 1 aromatic carbocycles. The SMILES string of the molecule is Cc1cccc2c1S(=O)CC2N. The second-order valence-corrected chi connectivity index (χ2v) is 4.54. The lowest BCUT2D eigenvalue weighted by molar-refractivity contribution is 0.683. The molecular formula is C9H11NOS. The van der Waals surface area contributed by atoms with Crippen molar-refractivity contribution < 1.29 is 4.21 Å². The summed E-state index contributed by atoms with van der Waals surface area (Å²) in [5, 5.41) is 0. The minimum atomic E-state index is -0.864. The molecule has 0 spiro atoms. The van der Waals surface area contributed by atoms with Crippen molar-refractivity contribution in [3.05, 3.63) is 29.3 Å². The van der Waals surface area contributed by atoms with Gasteiger partial charge in [-0.25, -0.2) is 0 Å². The third-order valence-corrected chi connectivity index (χ3v) is 3.88. The van der Waals surface area contributed by atoms with Crippen molar-refractivity contribution in [2.24, 2.45) is 5.73 Å². The summed E-state index contributed by atoms with van der Waals surface area (Å²) in [6.45, 7) is 1.98. The largest absolute Gasteiger partial charge is 0.323 e. The maximum absolute atomic E-state index is 11.5. The Hall–Kier alpha value is -0.670. The van der Waals surface area contributed by atoms with Crippen molar-refractivity contribution in [2.45, 2.75) is 17.9 Å². The molecule has 0 fully saturated rings.